The Labute approximate surface area is 65.5 Å². The Bertz CT molecular complexity index is 38.7. The standard InChI is InChI=1S/C4H7O2.Na/c1-2-3-6-4-5;/h2-3H2,1H3;/q-1;+1. The van der Waals surface area contributed by atoms with E-state index in [4.69, 9.17) is 0 Å². The minimum atomic E-state index is 0. The fraction of sp³-hybridized carbons (Fsp3) is 0.750. The first-order valence-corrected chi connectivity index (χ1v) is 1.90. The Morgan fingerprint density at radius 1 is 1.71 bits per heavy atom. The first-order valence-electron chi connectivity index (χ1n) is 1.90. The third-order valence-corrected chi connectivity index (χ3v) is 0.365. The molecule has 0 saturated heterocycles. The van der Waals surface area contributed by atoms with E-state index in [1.54, 1.807) is 0 Å². The molecule has 0 bridgehead atoms. The van der Waals surface area contributed by atoms with E-state index in [1.165, 1.54) is 6.47 Å². The van der Waals surface area contributed by atoms with Crippen LogP contribution in [0.15, 0.2) is 0 Å². The van der Waals surface area contributed by atoms with Gasteiger partial charge < -0.3 is 9.53 Å². The zero-order valence-electron chi connectivity index (χ0n) is 4.73. The molecule has 0 heterocycles. The first-order chi connectivity index (χ1) is 2.91. The van der Waals surface area contributed by atoms with Gasteiger partial charge in [-0.3, -0.25) is 0 Å². The van der Waals surface area contributed by atoms with Gasteiger partial charge in [0.15, 0.2) is 0 Å². The summed E-state index contributed by atoms with van der Waals surface area (Å²) in [5.74, 6) is 0. The second kappa shape index (κ2) is 9.69. The first kappa shape index (κ1) is 10.5. The average Bonchev–Trinajstić information content (AvgIpc) is 1.61. The molecule has 36 valence electrons. The molecule has 0 saturated carbocycles. The molecule has 7 heavy (non-hydrogen) atoms. The van der Waals surface area contributed by atoms with Crippen LogP contribution in [0.1, 0.15) is 13.3 Å². The van der Waals surface area contributed by atoms with Crippen LogP contribution < -0.4 is 29.6 Å². The van der Waals surface area contributed by atoms with Crippen LogP contribution in [0.25, 0.3) is 0 Å². The SMILES string of the molecule is CCCO[C-]=O.[Na+]. The van der Waals surface area contributed by atoms with Crippen molar-refractivity contribution < 1.29 is 39.1 Å². The van der Waals surface area contributed by atoms with Crippen molar-refractivity contribution in [2.24, 2.45) is 0 Å². The molecule has 0 N–H and O–H groups in total. The van der Waals surface area contributed by atoms with E-state index in [0.29, 0.717) is 6.61 Å². The summed E-state index contributed by atoms with van der Waals surface area (Å²) in [4.78, 5) is 9.22. The minimum absolute atomic E-state index is 0. The molecule has 0 spiro atoms. The van der Waals surface area contributed by atoms with Crippen LogP contribution in [0.4, 0.5) is 0 Å². The average molecular weight is 110 g/mol. The fourth-order valence-electron chi connectivity index (χ4n) is 0.144. The van der Waals surface area contributed by atoms with E-state index in [2.05, 4.69) is 4.74 Å². The summed E-state index contributed by atoms with van der Waals surface area (Å²) in [5, 5.41) is 0. The van der Waals surface area contributed by atoms with E-state index < -0.39 is 0 Å². The molecule has 0 unspecified atom stereocenters. The third kappa shape index (κ3) is 10.7. The van der Waals surface area contributed by atoms with Crippen molar-refractivity contribution >= 4 is 6.47 Å². The van der Waals surface area contributed by atoms with Gasteiger partial charge in [0, 0.05) is 6.61 Å². The van der Waals surface area contributed by atoms with Gasteiger partial charge in [0.1, 0.15) is 0 Å². The number of hydrogen-bond acceptors (Lipinski definition) is 2. The van der Waals surface area contributed by atoms with Crippen molar-refractivity contribution in [2.75, 3.05) is 6.61 Å². The predicted octanol–water partition coefficient (Wildman–Crippen LogP) is -2.52. The Balaban J connectivity index is 0. The van der Waals surface area contributed by atoms with Crippen LogP contribution in [0.5, 0.6) is 0 Å². The van der Waals surface area contributed by atoms with Gasteiger partial charge in [0.25, 0.3) is 0 Å². The summed E-state index contributed by atoms with van der Waals surface area (Å²) < 4.78 is 4.18. The largest absolute Gasteiger partial charge is 1.00 e. The maximum Gasteiger partial charge on any atom is 1.00 e. The van der Waals surface area contributed by atoms with Crippen LogP contribution in [0.3, 0.4) is 0 Å². The summed E-state index contributed by atoms with van der Waals surface area (Å²) in [6.07, 6.45) is 0.870. The Hall–Kier alpha value is 0.470. The Morgan fingerprint density at radius 3 is 2.43 bits per heavy atom. The van der Waals surface area contributed by atoms with Crippen LogP contribution in [0.2, 0.25) is 0 Å². The molecule has 0 amide bonds. The monoisotopic (exact) mass is 110 g/mol. The molecule has 3 heteroatoms. The van der Waals surface area contributed by atoms with E-state index in [9.17, 15) is 4.79 Å². The van der Waals surface area contributed by atoms with Gasteiger partial charge in [-0.25, -0.2) is 0 Å². The molecule has 2 nitrogen and oxygen atoms in total. The quantitative estimate of drug-likeness (QED) is 0.228. The molecule has 0 radical (unpaired) electrons. The number of hydrogen-bond donors (Lipinski definition) is 0. The van der Waals surface area contributed by atoms with Crippen molar-refractivity contribution in [1.29, 1.82) is 0 Å². The van der Waals surface area contributed by atoms with E-state index in [1.807, 2.05) is 6.92 Å². The summed E-state index contributed by atoms with van der Waals surface area (Å²) in [7, 11) is 0. The zero-order chi connectivity index (χ0) is 4.83. The van der Waals surface area contributed by atoms with Gasteiger partial charge in [-0.15, -0.1) is 0 Å². The van der Waals surface area contributed by atoms with Crippen molar-refractivity contribution in [3.63, 3.8) is 0 Å². The van der Waals surface area contributed by atoms with Crippen LogP contribution in [-0.4, -0.2) is 13.1 Å². The van der Waals surface area contributed by atoms with E-state index in [-0.39, 0.29) is 29.6 Å². The summed E-state index contributed by atoms with van der Waals surface area (Å²) in [6.45, 7) is 3.74. The van der Waals surface area contributed by atoms with Crippen molar-refractivity contribution in [3.05, 3.63) is 0 Å². The molecule has 0 aromatic carbocycles. The zero-order valence-corrected chi connectivity index (χ0v) is 6.73. The molecular weight excluding hydrogens is 103 g/mol. The smallest absolute Gasteiger partial charge is 0.653 e. The van der Waals surface area contributed by atoms with Gasteiger partial charge in [-0.2, -0.15) is 0 Å². The van der Waals surface area contributed by atoms with Gasteiger partial charge in [0.05, 0.1) is 0 Å². The molecule has 0 aliphatic heterocycles. The van der Waals surface area contributed by atoms with E-state index in [0.717, 1.165) is 6.42 Å². The maximum atomic E-state index is 9.22. The topological polar surface area (TPSA) is 26.3 Å². The molecule has 0 rings (SSSR count). The molecule has 0 aromatic rings. The minimum Gasteiger partial charge on any atom is -0.653 e. The molecule has 0 aliphatic carbocycles. The molecular formula is C4H7NaO2. The second-order valence-corrected chi connectivity index (χ2v) is 0.932. The Morgan fingerprint density at radius 2 is 2.29 bits per heavy atom. The molecule has 0 aromatic heterocycles. The molecule has 0 aliphatic rings. The Kier molecular flexibility index (Phi) is 14.5. The van der Waals surface area contributed by atoms with Gasteiger partial charge in [0.2, 0.25) is 0 Å². The van der Waals surface area contributed by atoms with Gasteiger partial charge >= 0.3 is 29.6 Å². The van der Waals surface area contributed by atoms with E-state index >= 15 is 0 Å². The number of ether oxygens (including phenoxy) is 1. The maximum absolute atomic E-state index is 9.22. The number of carbonyl (C=O) groups excluding carboxylic acids is 1. The summed E-state index contributed by atoms with van der Waals surface area (Å²) in [6, 6.07) is 0. The summed E-state index contributed by atoms with van der Waals surface area (Å²) >= 11 is 0. The van der Waals surface area contributed by atoms with Crippen molar-refractivity contribution in [1.82, 2.24) is 0 Å². The third-order valence-electron chi connectivity index (χ3n) is 0.365. The normalized spacial score (nSPS) is 6.43. The molecule has 0 atom stereocenters. The second-order valence-electron chi connectivity index (χ2n) is 0.932. The van der Waals surface area contributed by atoms with Gasteiger partial charge in [-0.1, -0.05) is 13.4 Å². The van der Waals surface area contributed by atoms with Crippen molar-refractivity contribution in [3.8, 4) is 0 Å². The van der Waals surface area contributed by atoms with Crippen LogP contribution >= 0.6 is 0 Å². The number of rotatable bonds is 3. The van der Waals surface area contributed by atoms with Crippen LogP contribution in [0, 0.1) is 0 Å². The van der Waals surface area contributed by atoms with Crippen molar-refractivity contribution in [2.45, 2.75) is 13.3 Å². The van der Waals surface area contributed by atoms with Gasteiger partial charge in [-0.05, 0) is 6.42 Å². The summed E-state index contributed by atoms with van der Waals surface area (Å²) in [5.41, 5.74) is 0. The molecule has 0 fully saturated rings. The fourth-order valence-corrected chi connectivity index (χ4v) is 0.144. The van der Waals surface area contributed by atoms with Crippen LogP contribution in [-0.2, 0) is 9.53 Å². The predicted molar refractivity (Wildman–Crippen MR) is 21.9 cm³/mol.